The minimum absolute atomic E-state index is 0.0775. The maximum Gasteiger partial charge on any atom is -0.0190 e. The quantitative estimate of drug-likeness (QED) is 0.185. The van der Waals surface area contributed by atoms with Gasteiger partial charge >= 0.3 is 131 Å². The number of allylic oxidation sites excluding steroid dienone is 2. The molecule has 47 heavy (non-hydrogen) atoms. The van der Waals surface area contributed by atoms with Crippen LogP contribution in [0.3, 0.4) is 0 Å². The first-order valence-corrected chi connectivity index (χ1v) is 22.6. The van der Waals surface area contributed by atoms with Gasteiger partial charge in [0.1, 0.15) is 0 Å². The molecule has 1 fully saturated rings. The van der Waals surface area contributed by atoms with Crippen LogP contribution in [-0.2, 0) is 20.3 Å². The van der Waals surface area contributed by atoms with E-state index in [0.29, 0.717) is 0 Å². The molecule has 6 aromatic rings. The van der Waals surface area contributed by atoms with Crippen molar-refractivity contribution in [3.8, 4) is 33.8 Å². The molecule has 0 amide bonds. The first-order chi connectivity index (χ1) is 23.1. The van der Waals surface area contributed by atoms with E-state index in [1.165, 1.54) is 11.1 Å². The summed E-state index contributed by atoms with van der Waals surface area (Å²) in [4.78, 5) is 0. The molecule has 2 aliphatic carbocycles. The molecule has 3 aliphatic rings. The van der Waals surface area contributed by atoms with Gasteiger partial charge in [-0.25, -0.2) is 0 Å². The van der Waals surface area contributed by atoms with E-state index in [1.807, 2.05) is 84.9 Å². The number of hydrogen-bond acceptors (Lipinski definition) is 2. The summed E-state index contributed by atoms with van der Waals surface area (Å²) in [5.74, 6) is 0.155. The van der Waals surface area contributed by atoms with Gasteiger partial charge in [-0.3, -0.25) is 0 Å². The molecule has 2 unspecified atom stereocenters. The predicted octanol–water partition coefficient (Wildman–Crippen LogP) is 10.4. The van der Waals surface area contributed by atoms with Crippen molar-refractivity contribution in [1.82, 2.24) is 0 Å². The zero-order valence-electron chi connectivity index (χ0n) is 26.2. The number of fused-ring (bicyclic) bond motifs is 2. The van der Waals surface area contributed by atoms with E-state index in [4.69, 9.17) is 0 Å². The number of benzene rings is 6. The zero-order chi connectivity index (χ0) is 32.1. The van der Waals surface area contributed by atoms with E-state index < -0.39 is 20.3 Å². The molecule has 228 valence electrons. The van der Waals surface area contributed by atoms with Crippen LogP contribution < -0.4 is 10.2 Å². The van der Waals surface area contributed by atoms with Crippen molar-refractivity contribution in [2.45, 2.75) is 15.5 Å². The Morgan fingerprint density at radius 1 is 0.404 bits per heavy atom. The van der Waals surface area contributed by atoms with Crippen LogP contribution in [0.2, 0.25) is 8.26 Å². The van der Waals surface area contributed by atoms with E-state index in [1.54, 1.807) is 43.6 Å². The maximum absolute atomic E-state index is 11.4. The van der Waals surface area contributed by atoms with Gasteiger partial charge < -0.3 is 10.2 Å². The summed E-state index contributed by atoms with van der Waals surface area (Å²) in [5, 5.41) is 22.8. The monoisotopic (exact) mass is 686 g/mol. The molecule has 1 saturated heterocycles. The molecule has 0 saturated carbocycles. The fraction of sp³-hybridized carbons (Fsp3) is 0.0909. The van der Waals surface area contributed by atoms with Gasteiger partial charge in [0.15, 0.2) is 0 Å². The van der Waals surface area contributed by atoms with E-state index in [-0.39, 0.29) is 11.5 Å². The average Bonchev–Trinajstić information content (AvgIpc) is 3.60. The van der Waals surface area contributed by atoms with E-state index in [0.717, 1.165) is 29.5 Å². The molecule has 0 N–H and O–H groups in total. The molecule has 0 aromatic heterocycles. The third kappa shape index (κ3) is 6.60. The second-order valence-corrected chi connectivity index (χ2v) is 24.0. The van der Waals surface area contributed by atoms with Crippen molar-refractivity contribution in [1.29, 1.82) is 0 Å². The normalized spacial score (nSPS) is 16.7. The topological polar surface area (TPSA) is 46.1 Å². The Hall–Kier alpha value is -4.72. The summed E-state index contributed by atoms with van der Waals surface area (Å²) >= 11 is -2.13. The molecular formula is C44H36O2Zr. The van der Waals surface area contributed by atoms with Crippen LogP contribution in [0, 0.1) is 0 Å². The Kier molecular flexibility index (Phi) is 9.18. The van der Waals surface area contributed by atoms with Crippen molar-refractivity contribution in [3.05, 3.63) is 192 Å². The van der Waals surface area contributed by atoms with E-state index >= 15 is 0 Å². The van der Waals surface area contributed by atoms with Gasteiger partial charge in [0.25, 0.3) is 0 Å². The Labute approximate surface area is 282 Å². The average molecular weight is 688 g/mol. The summed E-state index contributed by atoms with van der Waals surface area (Å²) in [5.41, 5.74) is 9.70. The molecule has 2 atom stereocenters. The fourth-order valence-corrected chi connectivity index (χ4v) is 22.7. The van der Waals surface area contributed by atoms with Crippen molar-refractivity contribution in [2.24, 2.45) is 0 Å². The van der Waals surface area contributed by atoms with Gasteiger partial charge in [0, 0.05) is 0 Å². The standard InChI is InChI=1S/2C12H10O.2C9H7.C2H4.Zr/c2*13-12-9-5-4-8-11(12)10-6-2-1-3-7-10;2*1-2-5-9-7-3-6-8(9)4-1;1-2;/h2*1-9,13H;2*1-7H;1-2H2;/q;;;;;+2/p-2. The van der Waals surface area contributed by atoms with Crippen LogP contribution >= 0.6 is 0 Å². The van der Waals surface area contributed by atoms with Gasteiger partial charge in [-0.05, 0) is 22.3 Å². The van der Waals surface area contributed by atoms with Gasteiger partial charge in [0.05, 0.1) is 0 Å². The minimum Gasteiger partial charge on any atom is -0.872 e. The summed E-state index contributed by atoms with van der Waals surface area (Å²) in [7, 11) is 0. The molecule has 9 rings (SSSR count). The second kappa shape index (κ2) is 14.0. The van der Waals surface area contributed by atoms with Crippen molar-refractivity contribution in [3.63, 3.8) is 0 Å². The third-order valence-corrected chi connectivity index (χ3v) is 22.2. The SMILES string of the molecule is C1=C[CH]([Zr+2]2([CH]3C=Cc4ccccc43)[CH2][CH2]2)c2ccccc21.[O-]c1ccccc1-c1ccccc1.[O-]c1ccccc1-c1ccccc1. The molecule has 0 bridgehead atoms. The first-order valence-electron chi connectivity index (χ1n) is 16.3. The fourth-order valence-electron chi connectivity index (χ4n) is 7.11. The molecule has 2 nitrogen and oxygen atoms in total. The van der Waals surface area contributed by atoms with Gasteiger partial charge in [-0.1, -0.05) is 109 Å². The third-order valence-electron chi connectivity index (χ3n) is 9.61. The molecular weight excluding hydrogens is 652 g/mol. The van der Waals surface area contributed by atoms with Crippen LogP contribution in [0.15, 0.2) is 170 Å². The Morgan fingerprint density at radius 3 is 1.17 bits per heavy atom. The van der Waals surface area contributed by atoms with E-state index in [2.05, 4.69) is 72.8 Å². The van der Waals surface area contributed by atoms with Crippen LogP contribution in [0.4, 0.5) is 0 Å². The Balaban J connectivity index is 0.000000118. The van der Waals surface area contributed by atoms with Crippen LogP contribution in [-0.4, -0.2) is 0 Å². The summed E-state index contributed by atoms with van der Waals surface area (Å²) in [6.07, 6.45) is 9.84. The smallest absolute Gasteiger partial charge is 0.0190 e. The van der Waals surface area contributed by atoms with E-state index in [9.17, 15) is 10.2 Å². The van der Waals surface area contributed by atoms with Gasteiger partial charge in [-0.15, -0.1) is 11.5 Å². The second-order valence-electron chi connectivity index (χ2n) is 12.4. The maximum atomic E-state index is 11.4. The van der Waals surface area contributed by atoms with Gasteiger partial charge in [0.2, 0.25) is 0 Å². The summed E-state index contributed by atoms with van der Waals surface area (Å²) in [6.45, 7) is 0. The van der Waals surface area contributed by atoms with Crippen LogP contribution in [0.25, 0.3) is 34.4 Å². The van der Waals surface area contributed by atoms with Crippen molar-refractivity contribution in [2.75, 3.05) is 0 Å². The number of hydrogen-bond donors (Lipinski definition) is 0. The molecule has 0 spiro atoms. The summed E-state index contributed by atoms with van der Waals surface area (Å²) in [6, 6.07) is 51.6. The number of rotatable bonds is 4. The number of para-hydroxylation sites is 2. The van der Waals surface area contributed by atoms with Crippen LogP contribution in [0.1, 0.15) is 29.5 Å². The molecule has 1 heterocycles. The molecule has 0 radical (unpaired) electrons. The molecule has 6 aromatic carbocycles. The first kappa shape index (κ1) is 30.9. The van der Waals surface area contributed by atoms with Crippen LogP contribution in [0.5, 0.6) is 11.5 Å². The summed E-state index contributed by atoms with van der Waals surface area (Å²) < 4.78 is 4.72. The predicted molar refractivity (Wildman–Crippen MR) is 189 cm³/mol. The Morgan fingerprint density at radius 2 is 0.766 bits per heavy atom. The largest absolute Gasteiger partial charge is 0.872 e. The van der Waals surface area contributed by atoms with Crippen molar-refractivity contribution >= 4 is 12.2 Å². The molecule has 1 aliphatic heterocycles. The van der Waals surface area contributed by atoms with Gasteiger partial charge in [-0.2, -0.15) is 0 Å². The molecule has 3 heteroatoms. The van der Waals surface area contributed by atoms with Crippen molar-refractivity contribution < 1.29 is 30.5 Å². The Bertz CT molecular complexity index is 1880. The minimum atomic E-state index is -2.13. The zero-order valence-corrected chi connectivity index (χ0v) is 28.7.